The summed E-state index contributed by atoms with van der Waals surface area (Å²) in [6, 6.07) is 11.4. The number of aromatic nitrogens is 3. The minimum Gasteiger partial charge on any atom is -0.326 e. The molecule has 0 atom stereocenters. The van der Waals surface area contributed by atoms with Gasteiger partial charge in [0.2, 0.25) is 5.91 Å². The molecule has 0 aliphatic rings. The standard InChI is InChI=1S/C20H17N5O2S/c1-11(26)22-15-5-3-4-13(6-15)14-7-17(16-9-21-25-18(16)8-14)24-20(27)19-10-28-12(2)23-19/h3-10H,1-2H3,(H,21,25)(H,22,26)(H,24,27). The molecule has 0 radical (unpaired) electrons. The van der Waals surface area contributed by atoms with E-state index in [4.69, 9.17) is 0 Å². The third-order valence-corrected chi connectivity index (χ3v) is 4.95. The Kier molecular flexibility index (Phi) is 4.62. The summed E-state index contributed by atoms with van der Waals surface area (Å²) in [7, 11) is 0. The fraction of sp³-hybridized carbons (Fsp3) is 0.100. The molecule has 0 fully saturated rings. The molecule has 0 spiro atoms. The van der Waals surface area contributed by atoms with Crippen LogP contribution in [-0.2, 0) is 4.79 Å². The van der Waals surface area contributed by atoms with E-state index in [9.17, 15) is 9.59 Å². The maximum Gasteiger partial charge on any atom is 0.275 e. The van der Waals surface area contributed by atoms with E-state index in [-0.39, 0.29) is 11.8 Å². The third-order valence-electron chi connectivity index (χ3n) is 4.17. The number of carbonyl (C=O) groups excluding carboxylic acids is 2. The fourth-order valence-corrected chi connectivity index (χ4v) is 3.55. The van der Waals surface area contributed by atoms with Gasteiger partial charge in [-0.25, -0.2) is 4.98 Å². The molecule has 0 aliphatic heterocycles. The number of nitrogens with one attached hydrogen (secondary N) is 3. The average Bonchev–Trinajstić information content (AvgIpc) is 3.30. The van der Waals surface area contributed by atoms with E-state index in [1.807, 2.05) is 43.3 Å². The first kappa shape index (κ1) is 17.9. The molecule has 2 aromatic carbocycles. The number of nitrogens with zero attached hydrogens (tertiary/aromatic N) is 2. The summed E-state index contributed by atoms with van der Waals surface area (Å²) in [6.07, 6.45) is 1.68. The zero-order chi connectivity index (χ0) is 19.7. The second-order valence-electron chi connectivity index (χ2n) is 6.32. The Bertz CT molecular complexity index is 1190. The summed E-state index contributed by atoms with van der Waals surface area (Å²) >= 11 is 1.43. The lowest BCUT2D eigenvalue weighted by Crippen LogP contribution is -2.12. The van der Waals surface area contributed by atoms with E-state index < -0.39 is 0 Å². The van der Waals surface area contributed by atoms with Gasteiger partial charge >= 0.3 is 0 Å². The van der Waals surface area contributed by atoms with Crippen molar-refractivity contribution in [2.75, 3.05) is 10.6 Å². The minimum absolute atomic E-state index is 0.132. The van der Waals surface area contributed by atoms with Crippen LogP contribution in [0.5, 0.6) is 0 Å². The Morgan fingerprint density at radius 1 is 1.11 bits per heavy atom. The van der Waals surface area contributed by atoms with Crippen LogP contribution < -0.4 is 10.6 Å². The van der Waals surface area contributed by atoms with Gasteiger partial charge in [0.25, 0.3) is 5.91 Å². The van der Waals surface area contributed by atoms with Gasteiger partial charge in [0.15, 0.2) is 0 Å². The summed E-state index contributed by atoms with van der Waals surface area (Å²) < 4.78 is 0. The number of amides is 2. The molecular formula is C20H17N5O2S. The molecule has 4 aromatic rings. The van der Waals surface area contributed by atoms with Crippen LogP contribution in [0.25, 0.3) is 22.0 Å². The first-order valence-electron chi connectivity index (χ1n) is 8.58. The third kappa shape index (κ3) is 3.63. The quantitative estimate of drug-likeness (QED) is 0.485. The van der Waals surface area contributed by atoms with Crippen molar-refractivity contribution < 1.29 is 9.59 Å². The van der Waals surface area contributed by atoms with Crippen LogP contribution >= 0.6 is 11.3 Å². The number of hydrogen-bond donors (Lipinski definition) is 3. The first-order valence-corrected chi connectivity index (χ1v) is 9.46. The highest BCUT2D eigenvalue weighted by Gasteiger charge is 2.14. The smallest absolute Gasteiger partial charge is 0.275 e. The molecule has 0 bridgehead atoms. The highest BCUT2D eigenvalue weighted by molar-refractivity contribution is 7.09. The topological polar surface area (TPSA) is 99.8 Å². The van der Waals surface area contributed by atoms with Gasteiger partial charge in [-0.3, -0.25) is 14.7 Å². The van der Waals surface area contributed by atoms with Gasteiger partial charge < -0.3 is 10.6 Å². The normalized spacial score (nSPS) is 10.8. The Hall–Kier alpha value is -3.52. The Balaban J connectivity index is 1.73. The molecule has 4 rings (SSSR count). The number of benzene rings is 2. The van der Waals surface area contributed by atoms with Gasteiger partial charge in [-0.1, -0.05) is 12.1 Å². The van der Waals surface area contributed by atoms with E-state index in [0.717, 1.165) is 27.0 Å². The monoisotopic (exact) mass is 391 g/mol. The zero-order valence-electron chi connectivity index (χ0n) is 15.2. The first-order chi connectivity index (χ1) is 13.5. The van der Waals surface area contributed by atoms with Crippen molar-refractivity contribution in [3.8, 4) is 11.1 Å². The van der Waals surface area contributed by atoms with Gasteiger partial charge in [-0.05, 0) is 42.3 Å². The SMILES string of the molecule is CC(=O)Nc1cccc(-c2cc(NC(=O)c3csc(C)n3)c3cn[nH]c3c2)c1. The number of anilines is 2. The van der Waals surface area contributed by atoms with Gasteiger partial charge in [0.1, 0.15) is 5.69 Å². The van der Waals surface area contributed by atoms with Gasteiger partial charge in [0, 0.05) is 23.4 Å². The van der Waals surface area contributed by atoms with E-state index in [0.29, 0.717) is 17.1 Å². The molecule has 0 saturated heterocycles. The Morgan fingerprint density at radius 3 is 2.71 bits per heavy atom. The van der Waals surface area contributed by atoms with E-state index in [1.54, 1.807) is 11.6 Å². The van der Waals surface area contributed by atoms with Crippen molar-refractivity contribution in [2.24, 2.45) is 0 Å². The average molecular weight is 391 g/mol. The zero-order valence-corrected chi connectivity index (χ0v) is 16.1. The number of rotatable bonds is 4. The highest BCUT2D eigenvalue weighted by Crippen LogP contribution is 2.31. The molecule has 0 unspecified atom stereocenters. The summed E-state index contributed by atoms with van der Waals surface area (Å²) in [5, 5.41) is 16.1. The van der Waals surface area contributed by atoms with Crippen LogP contribution in [0.15, 0.2) is 48.0 Å². The molecule has 3 N–H and O–H groups in total. The van der Waals surface area contributed by atoms with Gasteiger partial charge in [0.05, 0.1) is 22.4 Å². The number of aromatic amines is 1. The molecule has 0 aliphatic carbocycles. The van der Waals surface area contributed by atoms with Crippen molar-refractivity contribution in [3.05, 3.63) is 58.7 Å². The number of hydrogen-bond acceptors (Lipinski definition) is 5. The maximum atomic E-state index is 12.6. The maximum absolute atomic E-state index is 12.6. The van der Waals surface area contributed by atoms with Crippen molar-refractivity contribution in [1.82, 2.24) is 15.2 Å². The lowest BCUT2D eigenvalue weighted by molar-refractivity contribution is -0.114. The lowest BCUT2D eigenvalue weighted by atomic mass is 10.0. The van der Waals surface area contributed by atoms with Crippen molar-refractivity contribution in [2.45, 2.75) is 13.8 Å². The summed E-state index contributed by atoms with van der Waals surface area (Å²) in [5.74, 6) is -0.399. The van der Waals surface area contributed by atoms with E-state index in [2.05, 4.69) is 25.8 Å². The summed E-state index contributed by atoms with van der Waals surface area (Å²) in [4.78, 5) is 28.1. The lowest BCUT2D eigenvalue weighted by Gasteiger charge is -2.10. The second-order valence-corrected chi connectivity index (χ2v) is 7.39. The molecule has 140 valence electrons. The van der Waals surface area contributed by atoms with Crippen LogP contribution in [0.2, 0.25) is 0 Å². The number of fused-ring (bicyclic) bond motifs is 1. The largest absolute Gasteiger partial charge is 0.326 e. The van der Waals surface area contributed by atoms with E-state index in [1.165, 1.54) is 18.3 Å². The van der Waals surface area contributed by atoms with Crippen molar-refractivity contribution in [1.29, 1.82) is 0 Å². The van der Waals surface area contributed by atoms with Gasteiger partial charge in [-0.15, -0.1) is 11.3 Å². The van der Waals surface area contributed by atoms with E-state index >= 15 is 0 Å². The van der Waals surface area contributed by atoms with Crippen molar-refractivity contribution in [3.63, 3.8) is 0 Å². The van der Waals surface area contributed by atoms with Crippen LogP contribution in [0, 0.1) is 6.92 Å². The molecule has 2 heterocycles. The van der Waals surface area contributed by atoms with Crippen LogP contribution in [-0.4, -0.2) is 27.0 Å². The fourth-order valence-electron chi connectivity index (χ4n) is 2.96. The summed E-state index contributed by atoms with van der Waals surface area (Å²) in [5.41, 5.74) is 4.32. The molecule has 7 nitrogen and oxygen atoms in total. The molecule has 0 saturated carbocycles. The van der Waals surface area contributed by atoms with Crippen molar-refractivity contribution >= 4 is 45.4 Å². The minimum atomic E-state index is -0.268. The van der Waals surface area contributed by atoms with Crippen LogP contribution in [0.3, 0.4) is 0 Å². The number of H-pyrrole nitrogens is 1. The van der Waals surface area contributed by atoms with Gasteiger partial charge in [-0.2, -0.15) is 5.10 Å². The number of aryl methyl sites for hydroxylation is 1. The summed E-state index contributed by atoms with van der Waals surface area (Å²) in [6.45, 7) is 3.33. The second kappa shape index (κ2) is 7.24. The highest BCUT2D eigenvalue weighted by atomic mass is 32.1. The molecule has 2 aromatic heterocycles. The predicted molar refractivity (Wildman–Crippen MR) is 111 cm³/mol. The van der Waals surface area contributed by atoms with Crippen LogP contribution in [0.1, 0.15) is 22.4 Å². The molecular weight excluding hydrogens is 374 g/mol. The molecule has 2 amide bonds. The molecule has 8 heteroatoms. The number of carbonyl (C=O) groups is 2. The Labute approximate surface area is 164 Å². The van der Waals surface area contributed by atoms with Crippen LogP contribution in [0.4, 0.5) is 11.4 Å². The molecule has 28 heavy (non-hydrogen) atoms. The Morgan fingerprint density at radius 2 is 1.96 bits per heavy atom. The number of thiazole rings is 1. The predicted octanol–water partition coefficient (Wildman–Crippen LogP) is 4.21.